The van der Waals surface area contributed by atoms with Gasteiger partial charge in [-0.1, -0.05) is 52.3 Å². The molecule has 0 unspecified atom stereocenters. The summed E-state index contributed by atoms with van der Waals surface area (Å²) in [4.78, 5) is 17.4. The van der Waals surface area contributed by atoms with E-state index >= 15 is 0 Å². The van der Waals surface area contributed by atoms with Crippen molar-refractivity contribution in [3.63, 3.8) is 0 Å². The summed E-state index contributed by atoms with van der Waals surface area (Å²) >= 11 is 4.73. The SMILES string of the molecule is O=C(Nc1cccc(Br)c1)c1scnc1-c1ccccc1. The number of benzene rings is 2. The Labute approximate surface area is 134 Å². The third kappa shape index (κ3) is 3.20. The Morgan fingerprint density at radius 1 is 1.10 bits per heavy atom. The summed E-state index contributed by atoms with van der Waals surface area (Å²) in [5.41, 5.74) is 4.10. The van der Waals surface area contributed by atoms with Crippen LogP contribution in [0.25, 0.3) is 11.3 Å². The van der Waals surface area contributed by atoms with Crippen molar-refractivity contribution in [2.75, 3.05) is 5.32 Å². The lowest BCUT2D eigenvalue weighted by Crippen LogP contribution is -2.11. The first kappa shape index (κ1) is 14.0. The third-order valence-corrected chi connectivity index (χ3v) is 4.22. The van der Waals surface area contributed by atoms with Crippen LogP contribution in [0.2, 0.25) is 0 Å². The second-order valence-electron chi connectivity index (χ2n) is 4.36. The van der Waals surface area contributed by atoms with E-state index in [9.17, 15) is 4.79 Å². The third-order valence-electron chi connectivity index (χ3n) is 2.90. The summed E-state index contributed by atoms with van der Waals surface area (Å²) in [6.45, 7) is 0. The highest BCUT2D eigenvalue weighted by Crippen LogP contribution is 2.26. The molecule has 21 heavy (non-hydrogen) atoms. The Hall–Kier alpha value is -1.98. The fraction of sp³-hybridized carbons (Fsp3) is 0. The fourth-order valence-electron chi connectivity index (χ4n) is 1.96. The first-order valence-corrected chi connectivity index (χ1v) is 7.97. The molecule has 5 heteroatoms. The smallest absolute Gasteiger partial charge is 0.268 e. The normalized spacial score (nSPS) is 10.3. The summed E-state index contributed by atoms with van der Waals surface area (Å²) in [5, 5.41) is 2.90. The predicted molar refractivity (Wildman–Crippen MR) is 89.6 cm³/mol. The number of aromatic nitrogens is 1. The molecule has 3 nitrogen and oxygen atoms in total. The molecule has 0 spiro atoms. The van der Waals surface area contributed by atoms with Crippen molar-refractivity contribution in [1.29, 1.82) is 0 Å². The van der Waals surface area contributed by atoms with Crippen LogP contribution in [0.3, 0.4) is 0 Å². The maximum atomic E-state index is 12.4. The molecule has 0 radical (unpaired) electrons. The van der Waals surface area contributed by atoms with E-state index in [1.807, 2.05) is 54.6 Å². The van der Waals surface area contributed by atoms with Gasteiger partial charge in [-0.15, -0.1) is 11.3 Å². The van der Waals surface area contributed by atoms with Crippen LogP contribution in [0.5, 0.6) is 0 Å². The number of rotatable bonds is 3. The summed E-state index contributed by atoms with van der Waals surface area (Å²) in [7, 11) is 0. The van der Waals surface area contributed by atoms with Crippen LogP contribution in [0.4, 0.5) is 5.69 Å². The van der Waals surface area contributed by atoms with Gasteiger partial charge in [0.15, 0.2) is 0 Å². The second kappa shape index (κ2) is 6.20. The van der Waals surface area contributed by atoms with Crippen molar-refractivity contribution in [1.82, 2.24) is 4.98 Å². The van der Waals surface area contributed by atoms with Gasteiger partial charge < -0.3 is 5.32 Å². The molecule has 2 aromatic carbocycles. The molecule has 0 bridgehead atoms. The summed E-state index contributed by atoms with van der Waals surface area (Å²) in [5.74, 6) is -0.144. The van der Waals surface area contributed by atoms with Crippen LogP contribution in [0.15, 0.2) is 64.6 Å². The number of anilines is 1. The number of carbonyl (C=O) groups is 1. The van der Waals surface area contributed by atoms with Gasteiger partial charge in [0.05, 0.1) is 11.2 Å². The zero-order chi connectivity index (χ0) is 14.7. The molecule has 0 fully saturated rings. The number of hydrogen-bond acceptors (Lipinski definition) is 3. The standard InChI is InChI=1S/C16H11BrN2OS/c17-12-7-4-8-13(9-12)19-16(20)15-14(18-10-21-15)11-5-2-1-3-6-11/h1-10H,(H,19,20). The fourth-order valence-corrected chi connectivity index (χ4v) is 3.07. The number of nitrogens with one attached hydrogen (secondary N) is 1. The largest absolute Gasteiger partial charge is 0.321 e. The first-order valence-electron chi connectivity index (χ1n) is 6.30. The van der Waals surface area contributed by atoms with Crippen LogP contribution < -0.4 is 5.32 Å². The van der Waals surface area contributed by atoms with Crippen LogP contribution in [-0.4, -0.2) is 10.9 Å². The molecular formula is C16H11BrN2OS. The van der Waals surface area contributed by atoms with Crippen molar-refractivity contribution >= 4 is 38.9 Å². The number of thiazole rings is 1. The van der Waals surface area contributed by atoms with E-state index in [4.69, 9.17) is 0 Å². The Balaban J connectivity index is 1.88. The highest BCUT2D eigenvalue weighted by molar-refractivity contribution is 9.10. The van der Waals surface area contributed by atoms with Crippen molar-refractivity contribution in [3.05, 3.63) is 69.5 Å². The number of halogens is 1. The van der Waals surface area contributed by atoms with Crippen molar-refractivity contribution < 1.29 is 4.79 Å². The summed E-state index contributed by atoms with van der Waals surface area (Å²) < 4.78 is 0.924. The molecule has 3 aromatic rings. The van der Waals surface area contributed by atoms with Crippen LogP contribution >= 0.6 is 27.3 Å². The van der Waals surface area contributed by atoms with E-state index in [0.717, 1.165) is 15.7 Å². The maximum Gasteiger partial charge on any atom is 0.268 e. The van der Waals surface area contributed by atoms with Crippen LogP contribution in [-0.2, 0) is 0 Å². The highest BCUT2D eigenvalue weighted by atomic mass is 79.9. The molecule has 0 atom stereocenters. The van der Waals surface area contributed by atoms with Gasteiger partial charge in [0.25, 0.3) is 5.91 Å². The van der Waals surface area contributed by atoms with Gasteiger partial charge >= 0.3 is 0 Å². The van der Waals surface area contributed by atoms with E-state index < -0.39 is 0 Å². The molecular weight excluding hydrogens is 348 g/mol. The Bertz CT molecular complexity index is 771. The molecule has 0 saturated heterocycles. The molecule has 0 saturated carbocycles. The highest BCUT2D eigenvalue weighted by Gasteiger charge is 2.16. The minimum atomic E-state index is -0.144. The topological polar surface area (TPSA) is 42.0 Å². The van der Waals surface area contributed by atoms with E-state index in [1.165, 1.54) is 11.3 Å². The zero-order valence-corrected chi connectivity index (χ0v) is 13.3. The van der Waals surface area contributed by atoms with Gasteiger partial charge in [-0.2, -0.15) is 0 Å². The summed E-state index contributed by atoms with van der Waals surface area (Å²) in [6, 6.07) is 17.2. The molecule has 1 aromatic heterocycles. The maximum absolute atomic E-state index is 12.4. The number of amides is 1. The van der Waals surface area contributed by atoms with Gasteiger partial charge in [0.2, 0.25) is 0 Å². The van der Waals surface area contributed by atoms with Crippen molar-refractivity contribution in [2.45, 2.75) is 0 Å². The number of carbonyl (C=O) groups excluding carboxylic acids is 1. The molecule has 0 aliphatic rings. The average Bonchev–Trinajstić information content (AvgIpc) is 2.98. The molecule has 1 amide bonds. The van der Waals surface area contributed by atoms with Gasteiger partial charge in [0, 0.05) is 15.7 Å². The van der Waals surface area contributed by atoms with Crippen molar-refractivity contribution in [3.8, 4) is 11.3 Å². The Kier molecular flexibility index (Phi) is 4.13. The quantitative estimate of drug-likeness (QED) is 0.728. The minimum Gasteiger partial charge on any atom is -0.321 e. The second-order valence-corrected chi connectivity index (χ2v) is 6.13. The predicted octanol–water partition coefficient (Wildman–Crippen LogP) is 4.82. The van der Waals surface area contributed by atoms with E-state index in [2.05, 4.69) is 26.2 Å². The number of hydrogen-bond donors (Lipinski definition) is 1. The Morgan fingerprint density at radius 2 is 1.90 bits per heavy atom. The molecule has 1 N–H and O–H groups in total. The lowest BCUT2D eigenvalue weighted by atomic mass is 10.1. The van der Waals surface area contributed by atoms with Crippen molar-refractivity contribution in [2.24, 2.45) is 0 Å². The minimum absolute atomic E-state index is 0.144. The first-order chi connectivity index (χ1) is 10.2. The van der Waals surface area contributed by atoms with Gasteiger partial charge in [-0.05, 0) is 18.2 Å². The number of nitrogens with zero attached hydrogens (tertiary/aromatic N) is 1. The molecule has 0 aliphatic heterocycles. The monoisotopic (exact) mass is 358 g/mol. The van der Waals surface area contributed by atoms with Gasteiger partial charge in [-0.25, -0.2) is 4.98 Å². The van der Waals surface area contributed by atoms with Crippen LogP contribution in [0, 0.1) is 0 Å². The van der Waals surface area contributed by atoms with E-state index in [1.54, 1.807) is 5.51 Å². The molecule has 0 aliphatic carbocycles. The van der Waals surface area contributed by atoms with E-state index in [-0.39, 0.29) is 5.91 Å². The van der Waals surface area contributed by atoms with E-state index in [0.29, 0.717) is 10.6 Å². The Morgan fingerprint density at radius 3 is 2.67 bits per heavy atom. The van der Waals surface area contributed by atoms with Gasteiger partial charge in [0.1, 0.15) is 4.88 Å². The lowest BCUT2D eigenvalue weighted by molar-refractivity contribution is 0.103. The van der Waals surface area contributed by atoms with Gasteiger partial charge in [-0.3, -0.25) is 4.79 Å². The average molecular weight is 359 g/mol. The van der Waals surface area contributed by atoms with Crippen LogP contribution in [0.1, 0.15) is 9.67 Å². The molecule has 1 heterocycles. The molecule has 3 rings (SSSR count). The lowest BCUT2D eigenvalue weighted by Gasteiger charge is -2.06. The summed E-state index contributed by atoms with van der Waals surface area (Å²) in [6.07, 6.45) is 0. The molecule has 104 valence electrons. The zero-order valence-electron chi connectivity index (χ0n) is 10.9.